The number of carbonyl (C=O) groups is 4. The van der Waals surface area contributed by atoms with Crippen LogP contribution in [-0.4, -0.2) is 73.8 Å². The topological polar surface area (TPSA) is 120 Å². The van der Waals surface area contributed by atoms with E-state index >= 15 is 0 Å². The normalized spacial score (nSPS) is 23.0. The second kappa shape index (κ2) is 14.3. The SMILES string of the molecule is CNC(=O)C1CCCC1NC(=O)Cc1ccccc1CC(C)NC(=O)C1CN(C)CC1NC(=O)Cc1ccccc1. The van der Waals surface area contributed by atoms with Crippen LogP contribution < -0.4 is 21.3 Å². The van der Waals surface area contributed by atoms with Gasteiger partial charge in [0.2, 0.25) is 23.6 Å². The number of nitrogens with zero attached hydrogens (tertiary/aromatic N) is 1. The molecule has 1 saturated heterocycles. The standard InChI is InChI=1S/C32H43N5O4/c1-21(34-32(41)26-19-37(3)20-28(26)36-29(38)17-22-10-5-4-6-11-22)16-23-12-7-8-13-24(23)18-30(39)35-27-15-9-14-25(27)31(40)33-2/h4-8,10-13,21,25-28H,9,14-20H2,1-3H3,(H,33,40)(H,34,41)(H,35,39)(H,36,38). The van der Waals surface area contributed by atoms with Crippen molar-refractivity contribution >= 4 is 23.6 Å². The summed E-state index contributed by atoms with van der Waals surface area (Å²) in [5.74, 6) is -0.821. The number of benzene rings is 2. The van der Waals surface area contributed by atoms with Crippen molar-refractivity contribution < 1.29 is 19.2 Å². The van der Waals surface area contributed by atoms with E-state index < -0.39 is 0 Å². The Morgan fingerprint density at radius 1 is 0.805 bits per heavy atom. The summed E-state index contributed by atoms with van der Waals surface area (Å²) in [5.41, 5.74) is 2.85. The van der Waals surface area contributed by atoms with Crippen LogP contribution >= 0.6 is 0 Å². The van der Waals surface area contributed by atoms with Gasteiger partial charge in [-0.15, -0.1) is 0 Å². The molecule has 1 aliphatic carbocycles. The van der Waals surface area contributed by atoms with Gasteiger partial charge < -0.3 is 26.2 Å². The number of likely N-dealkylation sites (tertiary alicyclic amines) is 1. The zero-order chi connectivity index (χ0) is 29.4. The van der Waals surface area contributed by atoms with E-state index in [4.69, 9.17) is 0 Å². The van der Waals surface area contributed by atoms with Crippen LogP contribution in [0.2, 0.25) is 0 Å². The largest absolute Gasteiger partial charge is 0.359 e. The molecule has 0 radical (unpaired) electrons. The summed E-state index contributed by atoms with van der Waals surface area (Å²) in [7, 11) is 3.58. The Kier molecular flexibility index (Phi) is 10.5. The predicted molar refractivity (Wildman–Crippen MR) is 158 cm³/mol. The summed E-state index contributed by atoms with van der Waals surface area (Å²) in [6, 6.07) is 16.8. The molecule has 9 heteroatoms. The number of amides is 4. The molecule has 2 fully saturated rings. The van der Waals surface area contributed by atoms with Crippen molar-refractivity contribution in [1.82, 2.24) is 26.2 Å². The number of rotatable bonds is 11. The Bertz CT molecular complexity index is 1220. The molecule has 4 N–H and O–H groups in total. The molecular weight excluding hydrogens is 518 g/mol. The molecule has 41 heavy (non-hydrogen) atoms. The van der Waals surface area contributed by atoms with Crippen molar-refractivity contribution in [3.05, 3.63) is 71.3 Å². The molecular formula is C32H43N5O4. The summed E-state index contributed by atoms with van der Waals surface area (Å²) >= 11 is 0. The Balaban J connectivity index is 1.31. The van der Waals surface area contributed by atoms with Crippen molar-refractivity contribution in [2.45, 2.75) is 63.6 Å². The molecule has 0 aromatic heterocycles. The van der Waals surface area contributed by atoms with Crippen molar-refractivity contribution in [2.24, 2.45) is 11.8 Å². The molecule has 5 atom stereocenters. The number of hydrogen-bond acceptors (Lipinski definition) is 5. The minimum absolute atomic E-state index is 0.0239. The minimum atomic E-state index is -0.345. The minimum Gasteiger partial charge on any atom is -0.359 e. The van der Waals surface area contributed by atoms with Crippen molar-refractivity contribution in [1.29, 1.82) is 0 Å². The Morgan fingerprint density at radius 2 is 1.46 bits per heavy atom. The summed E-state index contributed by atoms with van der Waals surface area (Å²) in [6.07, 6.45) is 3.59. The highest BCUT2D eigenvalue weighted by Gasteiger charge is 2.37. The molecule has 1 aliphatic heterocycles. The molecule has 4 amide bonds. The first-order chi connectivity index (χ1) is 19.7. The fourth-order valence-corrected chi connectivity index (χ4v) is 6.17. The van der Waals surface area contributed by atoms with Crippen LogP contribution in [0.25, 0.3) is 0 Å². The Labute approximate surface area is 242 Å². The number of carbonyl (C=O) groups excluding carboxylic acids is 4. The van der Waals surface area contributed by atoms with Crippen LogP contribution in [0.5, 0.6) is 0 Å². The highest BCUT2D eigenvalue weighted by molar-refractivity contribution is 5.84. The quantitative estimate of drug-likeness (QED) is 0.332. The van der Waals surface area contributed by atoms with Gasteiger partial charge in [0.25, 0.3) is 0 Å². The maximum absolute atomic E-state index is 13.3. The van der Waals surface area contributed by atoms with Gasteiger partial charge in [-0.25, -0.2) is 0 Å². The first kappa shape index (κ1) is 30.2. The van der Waals surface area contributed by atoms with Crippen LogP contribution in [-0.2, 0) is 38.4 Å². The Hall–Kier alpha value is -3.72. The predicted octanol–water partition coefficient (Wildman–Crippen LogP) is 1.60. The third kappa shape index (κ3) is 8.39. The second-order valence-electron chi connectivity index (χ2n) is 11.5. The molecule has 220 valence electrons. The average molecular weight is 562 g/mol. The molecule has 4 rings (SSSR count). The lowest BCUT2D eigenvalue weighted by atomic mass is 9.96. The molecule has 5 unspecified atom stereocenters. The molecule has 1 heterocycles. The molecule has 0 bridgehead atoms. The van der Waals surface area contributed by atoms with Crippen LogP contribution in [0.1, 0.15) is 42.9 Å². The zero-order valence-electron chi connectivity index (χ0n) is 24.3. The van der Waals surface area contributed by atoms with Crippen molar-refractivity contribution in [2.75, 3.05) is 27.2 Å². The van der Waals surface area contributed by atoms with Gasteiger partial charge in [-0.05, 0) is 49.9 Å². The van der Waals surface area contributed by atoms with Crippen LogP contribution in [0.4, 0.5) is 0 Å². The van der Waals surface area contributed by atoms with E-state index in [1.807, 2.05) is 68.6 Å². The van der Waals surface area contributed by atoms with E-state index in [1.54, 1.807) is 7.05 Å². The van der Waals surface area contributed by atoms with Gasteiger partial charge in [0.15, 0.2) is 0 Å². The summed E-state index contributed by atoms with van der Waals surface area (Å²) in [5, 5.41) is 12.0. The van der Waals surface area contributed by atoms with Gasteiger partial charge in [0, 0.05) is 32.2 Å². The molecule has 2 aromatic carbocycles. The smallest absolute Gasteiger partial charge is 0.226 e. The molecule has 9 nitrogen and oxygen atoms in total. The summed E-state index contributed by atoms with van der Waals surface area (Å²) in [6.45, 7) is 3.15. The van der Waals surface area contributed by atoms with Gasteiger partial charge in [-0.1, -0.05) is 61.0 Å². The zero-order valence-corrected chi connectivity index (χ0v) is 24.3. The highest BCUT2D eigenvalue weighted by Crippen LogP contribution is 2.26. The lowest BCUT2D eigenvalue weighted by Gasteiger charge is -2.23. The molecule has 0 spiro atoms. The monoisotopic (exact) mass is 561 g/mol. The van der Waals surface area contributed by atoms with Gasteiger partial charge >= 0.3 is 0 Å². The van der Waals surface area contributed by atoms with Crippen molar-refractivity contribution in [3.63, 3.8) is 0 Å². The molecule has 2 aliphatic rings. The fourth-order valence-electron chi connectivity index (χ4n) is 6.17. The van der Waals surface area contributed by atoms with Crippen LogP contribution in [0.15, 0.2) is 54.6 Å². The van der Waals surface area contributed by atoms with E-state index in [2.05, 4.69) is 26.2 Å². The first-order valence-corrected chi connectivity index (χ1v) is 14.6. The summed E-state index contributed by atoms with van der Waals surface area (Å²) in [4.78, 5) is 53.2. The van der Waals surface area contributed by atoms with Gasteiger partial charge in [0.05, 0.1) is 30.7 Å². The lowest BCUT2D eigenvalue weighted by molar-refractivity contribution is -0.128. The second-order valence-corrected chi connectivity index (χ2v) is 11.5. The van der Waals surface area contributed by atoms with Gasteiger partial charge in [-0.2, -0.15) is 0 Å². The maximum atomic E-state index is 13.3. The van der Waals surface area contributed by atoms with Crippen molar-refractivity contribution in [3.8, 4) is 0 Å². The molecule has 2 aromatic rings. The van der Waals surface area contributed by atoms with E-state index in [-0.39, 0.29) is 66.4 Å². The highest BCUT2D eigenvalue weighted by atomic mass is 16.2. The maximum Gasteiger partial charge on any atom is 0.226 e. The van der Waals surface area contributed by atoms with Gasteiger partial charge in [0.1, 0.15) is 0 Å². The average Bonchev–Trinajstić information content (AvgIpc) is 3.55. The number of nitrogens with one attached hydrogen (secondary N) is 4. The first-order valence-electron chi connectivity index (χ1n) is 14.6. The van der Waals surface area contributed by atoms with E-state index in [0.717, 1.165) is 36.0 Å². The van der Waals surface area contributed by atoms with Gasteiger partial charge in [-0.3, -0.25) is 19.2 Å². The molecule has 1 saturated carbocycles. The Morgan fingerprint density at radius 3 is 2.20 bits per heavy atom. The lowest BCUT2D eigenvalue weighted by Crippen LogP contribution is -2.48. The third-order valence-corrected chi connectivity index (χ3v) is 8.22. The van der Waals surface area contributed by atoms with Crippen LogP contribution in [0, 0.1) is 11.8 Å². The fraction of sp³-hybridized carbons (Fsp3) is 0.500. The summed E-state index contributed by atoms with van der Waals surface area (Å²) < 4.78 is 0. The van der Waals surface area contributed by atoms with E-state index in [0.29, 0.717) is 19.5 Å². The van der Waals surface area contributed by atoms with E-state index in [9.17, 15) is 19.2 Å². The number of likely N-dealkylation sites (N-methyl/N-ethyl adjacent to an activating group) is 1. The van der Waals surface area contributed by atoms with Crippen LogP contribution in [0.3, 0.4) is 0 Å². The van der Waals surface area contributed by atoms with E-state index in [1.165, 1.54) is 0 Å². The third-order valence-electron chi connectivity index (χ3n) is 8.22. The number of hydrogen-bond donors (Lipinski definition) is 4.